The van der Waals surface area contributed by atoms with Crippen LogP contribution < -0.4 is 0 Å². The summed E-state index contributed by atoms with van der Waals surface area (Å²) in [5.74, 6) is 1.25. The summed E-state index contributed by atoms with van der Waals surface area (Å²) in [7, 11) is 0. The molecule has 112 valence electrons. The molecule has 1 heterocycles. The zero-order valence-electron chi connectivity index (χ0n) is 13.4. The molecular formula is C18H29NO. The van der Waals surface area contributed by atoms with Gasteiger partial charge in [0.1, 0.15) is 0 Å². The summed E-state index contributed by atoms with van der Waals surface area (Å²) in [5.41, 5.74) is 2.90. The van der Waals surface area contributed by atoms with Crippen molar-refractivity contribution >= 4 is 0 Å². The number of rotatable bonds is 5. The first-order valence-corrected chi connectivity index (χ1v) is 8.00. The standard InChI is InChI=1S/C18H29NO/c1-14(2)17-5-7-18(8-6-17)15(3)9-10-19-11-12-20-16(4)13-19/h5-8,14-16H,9-13H2,1-4H3. The molecule has 2 nitrogen and oxygen atoms in total. The molecule has 1 saturated heterocycles. The second-order valence-electron chi connectivity index (χ2n) is 6.49. The SMILES string of the molecule is CC1CN(CCC(C)c2ccc(C(C)C)cc2)CCO1. The third-order valence-electron chi connectivity index (χ3n) is 4.38. The van der Waals surface area contributed by atoms with E-state index in [1.807, 2.05) is 0 Å². The van der Waals surface area contributed by atoms with Crippen LogP contribution in [0.5, 0.6) is 0 Å². The summed E-state index contributed by atoms with van der Waals surface area (Å²) in [6.07, 6.45) is 1.62. The maximum Gasteiger partial charge on any atom is 0.0674 e. The van der Waals surface area contributed by atoms with Gasteiger partial charge < -0.3 is 4.74 Å². The highest BCUT2D eigenvalue weighted by atomic mass is 16.5. The predicted octanol–water partition coefficient (Wildman–Crippen LogP) is 4.02. The molecule has 1 aliphatic heterocycles. The molecule has 2 unspecified atom stereocenters. The molecule has 1 aliphatic rings. The van der Waals surface area contributed by atoms with Crippen LogP contribution in [-0.4, -0.2) is 37.2 Å². The molecule has 1 aromatic carbocycles. The maximum atomic E-state index is 5.59. The predicted molar refractivity (Wildman–Crippen MR) is 85.4 cm³/mol. The number of benzene rings is 1. The molecule has 0 radical (unpaired) electrons. The van der Waals surface area contributed by atoms with Crippen LogP contribution in [0.2, 0.25) is 0 Å². The molecule has 1 aromatic rings. The van der Waals surface area contributed by atoms with Crippen molar-refractivity contribution < 1.29 is 4.74 Å². The smallest absolute Gasteiger partial charge is 0.0674 e. The summed E-state index contributed by atoms with van der Waals surface area (Å²) in [4.78, 5) is 2.53. The highest BCUT2D eigenvalue weighted by molar-refractivity contribution is 5.26. The van der Waals surface area contributed by atoms with Crippen molar-refractivity contribution in [1.29, 1.82) is 0 Å². The summed E-state index contributed by atoms with van der Waals surface area (Å²) < 4.78 is 5.59. The molecule has 2 atom stereocenters. The minimum atomic E-state index is 0.393. The van der Waals surface area contributed by atoms with Crippen molar-refractivity contribution in [2.75, 3.05) is 26.2 Å². The molecule has 0 aromatic heterocycles. The Bertz CT molecular complexity index is 398. The molecule has 0 N–H and O–H groups in total. The van der Waals surface area contributed by atoms with E-state index >= 15 is 0 Å². The van der Waals surface area contributed by atoms with Gasteiger partial charge in [-0.05, 0) is 42.9 Å². The first-order chi connectivity index (χ1) is 9.56. The van der Waals surface area contributed by atoms with Gasteiger partial charge in [0.2, 0.25) is 0 Å². The highest BCUT2D eigenvalue weighted by Crippen LogP contribution is 2.22. The average Bonchev–Trinajstić information content (AvgIpc) is 2.45. The Morgan fingerprint density at radius 3 is 2.40 bits per heavy atom. The second kappa shape index (κ2) is 7.24. The number of hydrogen-bond donors (Lipinski definition) is 0. The molecule has 0 aliphatic carbocycles. The van der Waals surface area contributed by atoms with E-state index in [0.29, 0.717) is 17.9 Å². The van der Waals surface area contributed by atoms with Gasteiger partial charge >= 0.3 is 0 Å². The zero-order valence-corrected chi connectivity index (χ0v) is 13.4. The lowest BCUT2D eigenvalue weighted by atomic mass is 9.94. The fraction of sp³-hybridized carbons (Fsp3) is 0.667. The van der Waals surface area contributed by atoms with E-state index in [9.17, 15) is 0 Å². The van der Waals surface area contributed by atoms with Gasteiger partial charge in [0.05, 0.1) is 12.7 Å². The Balaban J connectivity index is 1.83. The average molecular weight is 275 g/mol. The largest absolute Gasteiger partial charge is 0.376 e. The maximum absolute atomic E-state index is 5.59. The van der Waals surface area contributed by atoms with Gasteiger partial charge in [-0.2, -0.15) is 0 Å². The minimum absolute atomic E-state index is 0.393. The number of morpholine rings is 1. The van der Waals surface area contributed by atoms with Crippen molar-refractivity contribution in [3.63, 3.8) is 0 Å². The lowest BCUT2D eigenvalue weighted by molar-refractivity contribution is -0.0188. The molecule has 2 rings (SSSR count). The molecule has 0 spiro atoms. The van der Waals surface area contributed by atoms with Crippen LogP contribution in [0.4, 0.5) is 0 Å². The molecule has 2 heteroatoms. The van der Waals surface area contributed by atoms with E-state index < -0.39 is 0 Å². The Kier molecular flexibility index (Phi) is 5.62. The Hall–Kier alpha value is -0.860. The van der Waals surface area contributed by atoms with E-state index in [2.05, 4.69) is 56.9 Å². The van der Waals surface area contributed by atoms with Crippen LogP contribution in [0.3, 0.4) is 0 Å². The molecule has 0 saturated carbocycles. The van der Waals surface area contributed by atoms with Crippen LogP contribution in [0.1, 0.15) is 57.1 Å². The Morgan fingerprint density at radius 1 is 1.15 bits per heavy atom. The summed E-state index contributed by atoms with van der Waals surface area (Å²) in [6, 6.07) is 9.19. The van der Waals surface area contributed by atoms with Gasteiger partial charge in [0.15, 0.2) is 0 Å². The topological polar surface area (TPSA) is 12.5 Å². The summed E-state index contributed by atoms with van der Waals surface area (Å²) in [5, 5.41) is 0. The Labute approximate surface area is 124 Å². The summed E-state index contributed by atoms with van der Waals surface area (Å²) in [6.45, 7) is 13.2. The van der Waals surface area contributed by atoms with E-state index in [0.717, 1.165) is 19.7 Å². The normalized spacial score (nSPS) is 22.1. The molecule has 1 fully saturated rings. The highest BCUT2D eigenvalue weighted by Gasteiger charge is 2.17. The van der Waals surface area contributed by atoms with Crippen molar-refractivity contribution in [1.82, 2.24) is 4.90 Å². The van der Waals surface area contributed by atoms with Gasteiger partial charge in [-0.3, -0.25) is 4.90 Å². The fourth-order valence-corrected chi connectivity index (χ4v) is 2.85. The Morgan fingerprint density at radius 2 is 1.80 bits per heavy atom. The van der Waals surface area contributed by atoms with Crippen LogP contribution in [0.25, 0.3) is 0 Å². The molecular weight excluding hydrogens is 246 g/mol. The monoisotopic (exact) mass is 275 g/mol. The third kappa shape index (κ3) is 4.32. The van der Waals surface area contributed by atoms with Crippen LogP contribution in [-0.2, 0) is 4.74 Å². The van der Waals surface area contributed by atoms with Gasteiger partial charge in [0.25, 0.3) is 0 Å². The summed E-state index contributed by atoms with van der Waals surface area (Å²) >= 11 is 0. The molecule has 0 bridgehead atoms. The van der Waals surface area contributed by atoms with Gasteiger partial charge in [-0.1, -0.05) is 45.0 Å². The quantitative estimate of drug-likeness (QED) is 0.804. The fourth-order valence-electron chi connectivity index (χ4n) is 2.85. The first-order valence-electron chi connectivity index (χ1n) is 8.00. The third-order valence-corrected chi connectivity index (χ3v) is 4.38. The van der Waals surface area contributed by atoms with E-state index in [4.69, 9.17) is 4.74 Å². The number of hydrogen-bond acceptors (Lipinski definition) is 2. The van der Waals surface area contributed by atoms with Crippen molar-refractivity contribution in [3.05, 3.63) is 35.4 Å². The van der Waals surface area contributed by atoms with E-state index in [-0.39, 0.29) is 0 Å². The second-order valence-corrected chi connectivity index (χ2v) is 6.49. The van der Waals surface area contributed by atoms with Crippen molar-refractivity contribution in [2.24, 2.45) is 0 Å². The van der Waals surface area contributed by atoms with Crippen molar-refractivity contribution in [2.45, 2.75) is 52.1 Å². The zero-order chi connectivity index (χ0) is 14.5. The minimum Gasteiger partial charge on any atom is -0.376 e. The lowest BCUT2D eigenvalue weighted by Gasteiger charge is -2.31. The molecule has 0 amide bonds. The molecule has 20 heavy (non-hydrogen) atoms. The van der Waals surface area contributed by atoms with Gasteiger partial charge in [-0.15, -0.1) is 0 Å². The number of ether oxygens (including phenoxy) is 1. The van der Waals surface area contributed by atoms with E-state index in [1.165, 1.54) is 24.1 Å². The van der Waals surface area contributed by atoms with Crippen LogP contribution in [0, 0.1) is 0 Å². The van der Waals surface area contributed by atoms with Gasteiger partial charge in [0, 0.05) is 13.1 Å². The number of nitrogens with zero attached hydrogens (tertiary/aromatic N) is 1. The lowest BCUT2D eigenvalue weighted by Crippen LogP contribution is -2.41. The van der Waals surface area contributed by atoms with E-state index in [1.54, 1.807) is 0 Å². The van der Waals surface area contributed by atoms with Crippen molar-refractivity contribution in [3.8, 4) is 0 Å². The van der Waals surface area contributed by atoms with Crippen LogP contribution in [0.15, 0.2) is 24.3 Å². The van der Waals surface area contributed by atoms with Crippen LogP contribution >= 0.6 is 0 Å². The van der Waals surface area contributed by atoms with Gasteiger partial charge in [-0.25, -0.2) is 0 Å². The first kappa shape index (κ1) is 15.5.